The number of ether oxygens (including phenoxy) is 2. The van der Waals surface area contributed by atoms with Crippen LogP contribution >= 0.6 is 11.6 Å². The molecule has 0 aliphatic heterocycles. The number of benzene rings is 2. The van der Waals surface area contributed by atoms with Crippen molar-refractivity contribution in [1.82, 2.24) is 14.8 Å². The van der Waals surface area contributed by atoms with E-state index in [1.165, 1.54) is 23.8 Å². The first kappa shape index (κ1) is 21.0. The quantitative estimate of drug-likeness (QED) is 0.543. The highest BCUT2D eigenvalue weighted by Crippen LogP contribution is 2.39. The monoisotopic (exact) mass is 425 g/mol. The van der Waals surface area contributed by atoms with Gasteiger partial charge in [-0.25, -0.2) is 0 Å². The van der Waals surface area contributed by atoms with E-state index >= 15 is 0 Å². The van der Waals surface area contributed by atoms with Crippen molar-refractivity contribution in [2.24, 2.45) is 7.05 Å². The highest BCUT2D eigenvalue weighted by molar-refractivity contribution is 6.30. The Morgan fingerprint density at radius 1 is 0.966 bits per heavy atom. The van der Waals surface area contributed by atoms with E-state index in [1.807, 2.05) is 0 Å². The average molecular weight is 426 g/mol. The maximum atomic E-state index is 13.6. The van der Waals surface area contributed by atoms with Crippen molar-refractivity contribution in [3.8, 4) is 22.9 Å². The average Bonchev–Trinajstić information content (AvgIpc) is 3.04. The summed E-state index contributed by atoms with van der Waals surface area (Å²) in [6, 6.07) is 10.5. The molecular formula is C20H19ClF3N3O2. The molecule has 0 atom stereocenters. The van der Waals surface area contributed by atoms with E-state index in [0.717, 1.165) is 6.07 Å². The molecule has 0 N–H and O–H groups in total. The Hall–Kier alpha value is -2.74. The molecule has 1 heterocycles. The van der Waals surface area contributed by atoms with Gasteiger partial charge in [0.15, 0.2) is 17.2 Å². The molecule has 3 aromatic rings. The zero-order chi connectivity index (χ0) is 21.4. The Balaban J connectivity index is 2.02. The van der Waals surface area contributed by atoms with Crippen molar-refractivity contribution < 1.29 is 22.6 Å². The normalized spacial score (nSPS) is 12.1. The van der Waals surface area contributed by atoms with E-state index in [1.54, 1.807) is 45.2 Å². The Morgan fingerprint density at radius 2 is 1.59 bits per heavy atom. The summed E-state index contributed by atoms with van der Waals surface area (Å²) in [6.07, 6.45) is -4.58. The van der Waals surface area contributed by atoms with E-state index in [0.29, 0.717) is 16.6 Å². The van der Waals surface area contributed by atoms with Crippen molar-refractivity contribution in [2.45, 2.75) is 25.6 Å². The van der Waals surface area contributed by atoms with Crippen LogP contribution in [-0.4, -0.2) is 21.9 Å². The lowest BCUT2D eigenvalue weighted by molar-refractivity contribution is -0.137. The zero-order valence-electron chi connectivity index (χ0n) is 16.2. The largest absolute Gasteiger partial charge is 0.497 e. The van der Waals surface area contributed by atoms with Crippen LogP contribution in [-0.2, 0) is 18.8 Å². The van der Waals surface area contributed by atoms with Gasteiger partial charge >= 0.3 is 6.18 Å². The van der Waals surface area contributed by atoms with Gasteiger partial charge in [-0.2, -0.15) is 13.2 Å². The summed E-state index contributed by atoms with van der Waals surface area (Å²) in [6.45, 7) is 3.52. The molecule has 0 spiro atoms. The van der Waals surface area contributed by atoms with Crippen molar-refractivity contribution in [2.75, 3.05) is 7.11 Å². The van der Waals surface area contributed by atoms with Crippen LogP contribution < -0.4 is 9.47 Å². The molecule has 0 amide bonds. The number of alkyl halides is 3. The van der Waals surface area contributed by atoms with E-state index in [9.17, 15) is 13.2 Å². The highest BCUT2D eigenvalue weighted by atomic mass is 35.5. The molecule has 0 radical (unpaired) electrons. The first-order chi connectivity index (χ1) is 13.5. The molecule has 154 valence electrons. The minimum absolute atomic E-state index is 0.0720. The third kappa shape index (κ3) is 4.32. The van der Waals surface area contributed by atoms with Gasteiger partial charge in [0, 0.05) is 17.6 Å². The van der Waals surface area contributed by atoms with Crippen molar-refractivity contribution in [1.29, 1.82) is 0 Å². The number of rotatable bonds is 5. The Labute approximate surface area is 171 Å². The lowest BCUT2D eigenvalue weighted by Crippen LogP contribution is -2.29. The van der Waals surface area contributed by atoms with E-state index in [4.69, 9.17) is 21.1 Å². The molecule has 5 nitrogen and oxygen atoms in total. The second kappa shape index (κ2) is 7.59. The number of hydrogen-bond acceptors (Lipinski definition) is 4. The second-order valence-corrected chi connectivity index (χ2v) is 7.32. The summed E-state index contributed by atoms with van der Waals surface area (Å²) in [5, 5.41) is 8.68. The van der Waals surface area contributed by atoms with Gasteiger partial charge in [-0.3, -0.25) is 0 Å². The second-order valence-electron chi connectivity index (χ2n) is 6.88. The fourth-order valence-corrected chi connectivity index (χ4v) is 3.14. The maximum Gasteiger partial charge on any atom is 0.417 e. The molecule has 2 aromatic carbocycles. The first-order valence-electron chi connectivity index (χ1n) is 8.63. The predicted molar refractivity (Wildman–Crippen MR) is 103 cm³/mol. The summed E-state index contributed by atoms with van der Waals surface area (Å²) in [5.41, 5.74) is -1.91. The maximum absolute atomic E-state index is 13.6. The summed E-state index contributed by atoms with van der Waals surface area (Å²) in [7, 11) is 2.91. The first-order valence-corrected chi connectivity index (χ1v) is 9.01. The number of nitrogens with zero attached hydrogens (tertiary/aromatic N) is 3. The van der Waals surface area contributed by atoms with Crippen LogP contribution in [0, 0.1) is 0 Å². The lowest BCUT2D eigenvalue weighted by Gasteiger charge is -2.25. The molecule has 29 heavy (non-hydrogen) atoms. The van der Waals surface area contributed by atoms with Crippen LogP contribution in [0.1, 0.15) is 25.2 Å². The SMILES string of the molecule is COc1ccc(-c2nnc(C(C)(C)Oc3ccc(Cl)cc3)n2C)c(C(F)(F)F)c1. The Bertz CT molecular complexity index is 1010. The number of halogens is 4. The van der Waals surface area contributed by atoms with Crippen LogP contribution in [0.25, 0.3) is 11.4 Å². The highest BCUT2D eigenvalue weighted by Gasteiger charge is 2.37. The molecule has 3 rings (SSSR count). The van der Waals surface area contributed by atoms with Crippen LogP contribution in [0.3, 0.4) is 0 Å². The molecule has 0 saturated heterocycles. The van der Waals surface area contributed by atoms with Gasteiger partial charge in [-0.1, -0.05) is 11.6 Å². The number of aromatic nitrogens is 3. The summed E-state index contributed by atoms with van der Waals surface area (Å²) in [4.78, 5) is 0. The van der Waals surface area contributed by atoms with Crippen LogP contribution in [0.4, 0.5) is 13.2 Å². The number of hydrogen-bond donors (Lipinski definition) is 0. The fraction of sp³-hybridized carbons (Fsp3) is 0.300. The van der Waals surface area contributed by atoms with Gasteiger partial charge in [0.05, 0.1) is 12.7 Å². The van der Waals surface area contributed by atoms with Crippen LogP contribution in [0.2, 0.25) is 5.02 Å². The summed E-state index contributed by atoms with van der Waals surface area (Å²) in [5.74, 6) is 1.09. The van der Waals surface area contributed by atoms with E-state index < -0.39 is 17.3 Å². The molecule has 0 fully saturated rings. The van der Waals surface area contributed by atoms with Gasteiger partial charge in [-0.05, 0) is 56.3 Å². The third-order valence-corrected chi connectivity index (χ3v) is 4.63. The van der Waals surface area contributed by atoms with E-state index in [-0.39, 0.29) is 17.1 Å². The smallest absolute Gasteiger partial charge is 0.417 e. The number of methoxy groups -OCH3 is 1. The molecule has 0 bridgehead atoms. The molecule has 0 unspecified atom stereocenters. The minimum atomic E-state index is -4.58. The zero-order valence-corrected chi connectivity index (χ0v) is 17.0. The van der Waals surface area contributed by atoms with Gasteiger partial charge < -0.3 is 14.0 Å². The molecular weight excluding hydrogens is 407 g/mol. The third-order valence-electron chi connectivity index (χ3n) is 4.37. The standard InChI is InChI=1S/C20H19ClF3N3O2/c1-19(2,29-13-7-5-12(21)6-8-13)18-26-25-17(27(18)3)15-10-9-14(28-4)11-16(15)20(22,23)24/h5-11H,1-4H3. The van der Waals surface area contributed by atoms with Crippen molar-refractivity contribution in [3.63, 3.8) is 0 Å². The molecule has 0 aliphatic rings. The lowest BCUT2D eigenvalue weighted by atomic mass is 10.1. The molecule has 0 aliphatic carbocycles. The molecule has 9 heteroatoms. The minimum Gasteiger partial charge on any atom is -0.497 e. The van der Waals surface area contributed by atoms with Crippen LogP contribution in [0.5, 0.6) is 11.5 Å². The predicted octanol–water partition coefficient (Wildman–Crippen LogP) is 5.48. The topological polar surface area (TPSA) is 49.2 Å². The summed E-state index contributed by atoms with van der Waals surface area (Å²) >= 11 is 5.89. The van der Waals surface area contributed by atoms with E-state index in [2.05, 4.69) is 10.2 Å². The van der Waals surface area contributed by atoms with Gasteiger partial charge in [-0.15, -0.1) is 10.2 Å². The van der Waals surface area contributed by atoms with Crippen molar-refractivity contribution in [3.05, 3.63) is 58.9 Å². The molecule has 1 aromatic heterocycles. The Kier molecular flexibility index (Phi) is 5.49. The van der Waals surface area contributed by atoms with Gasteiger partial charge in [0.2, 0.25) is 0 Å². The van der Waals surface area contributed by atoms with Gasteiger partial charge in [0.1, 0.15) is 11.5 Å². The van der Waals surface area contributed by atoms with Crippen molar-refractivity contribution >= 4 is 11.6 Å². The van der Waals surface area contributed by atoms with Gasteiger partial charge in [0.25, 0.3) is 0 Å². The Morgan fingerprint density at radius 3 is 2.17 bits per heavy atom. The summed E-state index contributed by atoms with van der Waals surface area (Å²) < 4.78 is 53.2. The molecule has 0 saturated carbocycles. The fourth-order valence-electron chi connectivity index (χ4n) is 3.01. The van der Waals surface area contributed by atoms with Crippen LogP contribution in [0.15, 0.2) is 42.5 Å².